The second kappa shape index (κ2) is 10.0. The molecule has 3 aliphatic rings. The summed E-state index contributed by atoms with van der Waals surface area (Å²) in [6.45, 7) is 2.99. The monoisotopic (exact) mass is 478 g/mol. The van der Waals surface area contributed by atoms with Crippen LogP contribution >= 0.6 is 0 Å². The Morgan fingerprint density at radius 1 is 1.24 bits per heavy atom. The zero-order valence-electron chi connectivity index (χ0n) is 19.7. The van der Waals surface area contributed by atoms with Gasteiger partial charge in [-0.25, -0.2) is 4.79 Å². The van der Waals surface area contributed by atoms with Crippen LogP contribution < -0.4 is 10.2 Å². The molecule has 2 saturated heterocycles. The average Bonchev–Trinajstić information content (AvgIpc) is 3.17. The summed E-state index contributed by atoms with van der Waals surface area (Å²) in [7, 11) is 1.65. The SMILES string of the molecule is COCC1CN(c2ccc(C#N)c(C(F)(F)F)c2)CC12CCN(C(=O)NC1CCCCC1)CC2. The molecule has 1 N–H and O–H groups in total. The molecule has 0 bridgehead atoms. The lowest BCUT2D eigenvalue weighted by molar-refractivity contribution is -0.137. The standard InChI is InChI=1S/C25H33F3N4O2/c1-34-16-19-15-32(21-8-7-18(14-29)22(13-21)25(26,27)28)17-24(19)9-11-31(12-10-24)23(33)30-20-5-3-2-4-6-20/h7-8,13,19-20H,2-6,9-12,15-17H2,1H3,(H,30,33). The van der Waals surface area contributed by atoms with Gasteiger partial charge in [-0.3, -0.25) is 0 Å². The molecule has 3 fully saturated rings. The highest BCUT2D eigenvalue weighted by Gasteiger charge is 2.49. The van der Waals surface area contributed by atoms with Gasteiger partial charge in [0.2, 0.25) is 0 Å². The fourth-order valence-corrected chi connectivity index (χ4v) is 5.96. The van der Waals surface area contributed by atoms with E-state index in [4.69, 9.17) is 10.00 Å². The maximum absolute atomic E-state index is 13.5. The third kappa shape index (κ3) is 5.12. The summed E-state index contributed by atoms with van der Waals surface area (Å²) in [6, 6.07) is 5.86. The van der Waals surface area contributed by atoms with Crippen molar-refractivity contribution in [1.29, 1.82) is 5.26 Å². The van der Waals surface area contributed by atoms with Crippen LogP contribution in [-0.2, 0) is 10.9 Å². The largest absolute Gasteiger partial charge is 0.417 e. The average molecular weight is 479 g/mol. The van der Waals surface area contributed by atoms with E-state index in [0.717, 1.165) is 44.6 Å². The summed E-state index contributed by atoms with van der Waals surface area (Å²) in [5.74, 6) is 0.158. The smallest absolute Gasteiger partial charge is 0.384 e. The van der Waals surface area contributed by atoms with Gasteiger partial charge < -0.3 is 19.9 Å². The minimum atomic E-state index is -4.58. The molecule has 9 heteroatoms. The quantitative estimate of drug-likeness (QED) is 0.676. The molecule has 2 heterocycles. The molecular formula is C25H33F3N4O2. The van der Waals surface area contributed by atoms with Crippen LogP contribution in [0.25, 0.3) is 0 Å². The molecule has 1 spiro atoms. The van der Waals surface area contributed by atoms with Crippen LogP contribution in [0.3, 0.4) is 0 Å². The van der Waals surface area contributed by atoms with Gasteiger partial charge in [-0.15, -0.1) is 0 Å². The van der Waals surface area contributed by atoms with Gasteiger partial charge >= 0.3 is 12.2 Å². The Bertz CT molecular complexity index is 916. The van der Waals surface area contributed by atoms with Crippen molar-refractivity contribution in [3.05, 3.63) is 29.3 Å². The third-order valence-corrected chi connectivity index (χ3v) is 7.95. The lowest BCUT2D eigenvalue weighted by Gasteiger charge is -2.42. The number of rotatable bonds is 4. The second-order valence-corrected chi connectivity index (χ2v) is 10.0. The van der Waals surface area contributed by atoms with Crippen LogP contribution in [0.4, 0.5) is 23.7 Å². The number of nitrogens with zero attached hydrogens (tertiary/aromatic N) is 3. The Morgan fingerprint density at radius 3 is 2.56 bits per heavy atom. The van der Waals surface area contributed by atoms with Crippen molar-refractivity contribution in [2.24, 2.45) is 11.3 Å². The van der Waals surface area contributed by atoms with E-state index in [1.165, 1.54) is 12.5 Å². The zero-order valence-corrected chi connectivity index (χ0v) is 19.7. The first-order valence-electron chi connectivity index (χ1n) is 12.2. The molecule has 1 aromatic rings. The number of likely N-dealkylation sites (tertiary alicyclic amines) is 1. The van der Waals surface area contributed by atoms with Crippen molar-refractivity contribution in [3.8, 4) is 6.07 Å². The minimum absolute atomic E-state index is 0.00167. The first-order chi connectivity index (χ1) is 16.3. The normalized spacial score (nSPS) is 23.2. The number of hydrogen-bond donors (Lipinski definition) is 1. The number of hydrogen-bond acceptors (Lipinski definition) is 4. The number of nitrogens with one attached hydrogen (secondary N) is 1. The van der Waals surface area contributed by atoms with Crippen molar-refractivity contribution in [2.45, 2.75) is 57.2 Å². The third-order valence-electron chi connectivity index (χ3n) is 7.95. The Morgan fingerprint density at radius 2 is 1.94 bits per heavy atom. The molecule has 4 rings (SSSR count). The van der Waals surface area contributed by atoms with Crippen LogP contribution in [0.5, 0.6) is 0 Å². The zero-order chi connectivity index (χ0) is 24.3. The highest BCUT2D eigenvalue weighted by molar-refractivity contribution is 5.74. The van der Waals surface area contributed by atoms with E-state index in [-0.39, 0.29) is 29.0 Å². The number of halogens is 3. The molecule has 0 aromatic heterocycles. The molecule has 0 radical (unpaired) electrons. The van der Waals surface area contributed by atoms with Crippen LogP contribution in [0, 0.1) is 22.7 Å². The van der Waals surface area contributed by atoms with Gasteiger partial charge in [0.05, 0.1) is 23.8 Å². The Kier molecular flexibility index (Phi) is 7.27. The van der Waals surface area contributed by atoms with E-state index < -0.39 is 11.7 Å². The van der Waals surface area contributed by atoms with Gasteiger partial charge in [0, 0.05) is 50.9 Å². The lowest BCUT2D eigenvalue weighted by atomic mass is 9.71. The summed E-state index contributed by atoms with van der Waals surface area (Å²) in [5, 5.41) is 12.3. The molecule has 1 aliphatic carbocycles. The molecule has 34 heavy (non-hydrogen) atoms. The number of carbonyl (C=O) groups excluding carboxylic acids is 1. The number of amides is 2. The van der Waals surface area contributed by atoms with Crippen LogP contribution in [0.1, 0.15) is 56.1 Å². The van der Waals surface area contributed by atoms with Gasteiger partial charge in [-0.1, -0.05) is 19.3 Å². The van der Waals surface area contributed by atoms with E-state index in [9.17, 15) is 18.0 Å². The topological polar surface area (TPSA) is 68.6 Å². The Hall–Kier alpha value is -2.47. The summed E-state index contributed by atoms with van der Waals surface area (Å²) in [5.41, 5.74) is -0.909. The molecule has 2 aliphatic heterocycles. The van der Waals surface area contributed by atoms with Crippen molar-refractivity contribution in [3.63, 3.8) is 0 Å². The van der Waals surface area contributed by atoms with Crippen molar-refractivity contribution in [2.75, 3.05) is 44.8 Å². The van der Waals surface area contributed by atoms with Gasteiger partial charge in [0.1, 0.15) is 0 Å². The minimum Gasteiger partial charge on any atom is -0.384 e. The predicted molar refractivity (Wildman–Crippen MR) is 122 cm³/mol. The van der Waals surface area contributed by atoms with Gasteiger partial charge in [0.25, 0.3) is 0 Å². The molecular weight excluding hydrogens is 445 g/mol. The molecule has 186 valence electrons. The molecule has 6 nitrogen and oxygen atoms in total. The number of methoxy groups -OCH3 is 1. The molecule has 1 unspecified atom stereocenters. The van der Waals surface area contributed by atoms with Crippen molar-refractivity contribution >= 4 is 11.7 Å². The maximum Gasteiger partial charge on any atom is 0.417 e. The van der Waals surface area contributed by atoms with E-state index in [1.807, 2.05) is 9.80 Å². The number of alkyl halides is 3. The Balaban J connectivity index is 1.46. The number of ether oxygens (including phenoxy) is 1. The van der Waals surface area contributed by atoms with Crippen LogP contribution in [0.15, 0.2) is 18.2 Å². The molecule has 1 aromatic carbocycles. The fraction of sp³-hybridized carbons (Fsp3) is 0.680. The van der Waals surface area contributed by atoms with Crippen LogP contribution in [0.2, 0.25) is 0 Å². The summed E-state index contributed by atoms with van der Waals surface area (Å²) in [4.78, 5) is 16.7. The molecule has 1 saturated carbocycles. The second-order valence-electron chi connectivity index (χ2n) is 10.0. The summed E-state index contributed by atoms with van der Waals surface area (Å²) < 4.78 is 46.0. The summed E-state index contributed by atoms with van der Waals surface area (Å²) >= 11 is 0. The first-order valence-corrected chi connectivity index (χ1v) is 12.2. The van der Waals surface area contributed by atoms with E-state index >= 15 is 0 Å². The highest BCUT2D eigenvalue weighted by atomic mass is 19.4. The number of nitriles is 1. The Labute approximate surface area is 199 Å². The summed E-state index contributed by atoms with van der Waals surface area (Å²) in [6.07, 6.45) is 2.64. The lowest BCUT2D eigenvalue weighted by Crippen LogP contribution is -2.52. The van der Waals surface area contributed by atoms with E-state index in [1.54, 1.807) is 19.2 Å². The molecule has 2 amide bonds. The van der Waals surface area contributed by atoms with Gasteiger partial charge in [0.15, 0.2) is 0 Å². The number of piperidine rings is 1. The molecule has 1 atom stereocenters. The number of anilines is 1. The van der Waals surface area contributed by atoms with E-state index in [2.05, 4.69) is 5.32 Å². The number of benzene rings is 1. The van der Waals surface area contributed by atoms with E-state index in [0.29, 0.717) is 38.5 Å². The van der Waals surface area contributed by atoms with Gasteiger partial charge in [-0.05, 0) is 49.3 Å². The van der Waals surface area contributed by atoms with Crippen molar-refractivity contribution in [1.82, 2.24) is 10.2 Å². The first kappa shape index (κ1) is 24.6. The number of urea groups is 1. The number of carbonyl (C=O) groups is 1. The van der Waals surface area contributed by atoms with Gasteiger partial charge in [-0.2, -0.15) is 18.4 Å². The van der Waals surface area contributed by atoms with Crippen LogP contribution in [-0.4, -0.2) is 56.9 Å². The predicted octanol–water partition coefficient (Wildman–Crippen LogP) is 4.78. The highest BCUT2D eigenvalue weighted by Crippen LogP contribution is 2.47. The van der Waals surface area contributed by atoms with Crippen molar-refractivity contribution < 1.29 is 22.7 Å². The maximum atomic E-state index is 13.5. The fourth-order valence-electron chi connectivity index (χ4n) is 5.96.